The van der Waals surface area contributed by atoms with Crippen LogP contribution < -0.4 is 5.73 Å². The molecule has 1 aromatic carbocycles. The van der Waals surface area contributed by atoms with Crippen molar-refractivity contribution in [1.82, 2.24) is 20.1 Å². The Kier molecular flexibility index (Phi) is 5.48. The minimum atomic E-state index is 0. The van der Waals surface area contributed by atoms with Crippen LogP contribution >= 0.6 is 12.4 Å². The molecule has 0 spiro atoms. The fourth-order valence-corrected chi connectivity index (χ4v) is 3.44. The molecule has 0 amide bonds. The number of halogens is 1. The first-order chi connectivity index (χ1) is 11.8. The van der Waals surface area contributed by atoms with Gasteiger partial charge in [0, 0.05) is 55.2 Å². The molecule has 3 aromatic rings. The largest absolute Gasteiger partial charge is 0.326 e. The van der Waals surface area contributed by atoms with Crippen LogP contribution in [0.1, 0.15) is 17.2 Å². The number of aromatic amines is 1. The minimum Gasteiger partial charge on any atom is -0.326 e. The van der Waals surface area contributed by atoms with Crippen LogP contribution in [0.2, 0.25) is 0 Å². The number of nitrogens with one attached hydrogen (secondary N) is 1. The molecule has 0 unspecified atom stereocenters. The predicted molar refractivity (Wildman–Crippen MR) is 102 cm³/mol. The zero-order valence-electron chi connectivity index (χ0n) is 13.9. The summed E-state index contributed by atoms with van der Waals surface area (Å²) in [5.74, 6) is 0.395. The van der Waals surface area contributed by atoms with E-state index >= 15 is 0 Å². The summed E-state index contributed by atoms with van der Waals surface area (Å²) in [7, 11) is 0. The number of aromatic nitrogens is 3. The molecule has 25 heavy (non-hydrogen) atoms. The van der Waals surface area contributed by atoms with Gasteiger partial charge in [0.1, 0.15) is 0 Å². The van der Waals surface area contributed by atoms with Crippen molar-refractivity contribution >= 4 is 12.4 Å². The Balaban J connectivity index is 0.00000182. The van der Waals surface area contributed by atoms with Gasteiger partial charge < -0.3 is 5.73 Å². The number of likely N-dealkylation sites (tertiary alicyclic amines) is 1. The van der Waals surface area contributed by atoms with Crippen molar-refractivity contribution in [3.05, 3.63) is 72.2 Å². The molecule has 1 aliphatic heterocycles. The number of hydrogen-bond acceptors (Lipinski definition) is 4. The third-order valence-electron chi connectivity index (χ3n) is 4.65. The van der Waals surface area contributed by atoms with Crippen molar-refractivity contribution in [2.75, 3.05) is 13.1 Å². The monoisotopic (exact) mass is 355 g/mol. The van der Waals surface area contributed by atoms with E-state index in [2.05, 4.69) is 50.4 Å². The van der Waals surface area contributed by atoms with Crippen LogP contribution in [0, 0.1) is 0 Å². The molecule has 0 saturated carbocycles. The highest BCUT2D eigenvalue weighted by atomic mass is 35.5. The summed E-state index contributed by atoms with van der Waals surface area (Å²) < 4.78 is 0. The topological polar surface area (TPSA) is 70.8 Å². The summed E-state index contributed by atoms with van der Waals surface area (Å²) in [5, 5.41) is 7.54. The number of rotatable bonds is 4. The Bertz CT molecular complexity index is 790. The SMILES string of the molecule is Cl.N[C@@H]1CN(Cc2cc(-c3cccnc3)n[nH]2)C[C@H]1c1ccccc1. The summed E-state index contributed by atoms with van der Waals surface area (Å²) in [6, 6.07) is 16.8. The Morgan fingerprint density at radius 3 is 2.72 bits per heavy atom. The second kappa shape index (κ2) is 7.78. The lowest BCUT2D eigenvalue weighted by Gasteiger charge is -2.15. The number of nitrogens with zero attached hydrogens (tertiary/aromatic N) is 3. The molecule has 4 rings (SSSR count). The van der Waals surface area contributed by atoms with Gasteiger partial charge in [-0.05, 0) is 23.8 Å². The second-order valence-corrected chi connectivity index (χ2v) is 6.40. The van der Waals surface area contributed by atoms with Gasteiger partial charge in [-0.15, -0.1) is 12.4 Å². The molecule has 3 N–H and O–H groups in total. The highest BCUT2D eigenvalue weighted by Crippen LogP contribution is 2.27. The van der Waals surface area contributed by atoms with Crippen molar-refractivity contribution in [2.24, 2.45) is 5.73 Å². The lowest BCUT2D eigenvalue weighted by molar-refractivity contribution is 0.319. The van der Waals surface area contributed by atoms with Crippen LogP contribution in [-0.2, 0) is 6.54 Å². The Morgan fingerprint density at radius 2 is 1.96 bits per heavy atom. The molecule has 2 atom stereocenters. The van der Waals surface area contributed by atoms with Crippen LogP contribution in [-0.4, -0.2) is 39.2 Å². The van der Waals surface area contributed by atoms with Crippen molar-refractivity contribution in [3.63, 3.8) is 0 Å². The molecule has 3 heterocycles. The van der Waals surface area contributed by atoms with Crippen molar-refractivity contribution < 1.29 is 0 Å². The highest BCUT2D eigenvalue weighted by Gasteiger charge is 2.31. The average molecular weight is 356 g/mol. The zero-order chi connectivity index (χ0) is 16.4. The first kappa shape index (κ1) is 17.6. The maximum Gasteiger partial charge on any atom is 0.0939 e. The van der Waals surface area contributed by atoms with E-state index in [-0.39, 0.29) is 18.4 Å². The Hall–Kier alpha value is -2.21. The third kappa shape index (κ3) is 3.90. The van der Waals surface area contributed by atoms with Gasteiger partial charge in [-0.1, -0.05) is 30.3 Å². The van der Waals surface area contributed by atoms with Crippen LogP contribution in [0.5, 0.6) is 0 Å². The van der Waals surface area contributed by atoms with Crippen LogP contribution in [0.25, 0.3) is 11.3 Å². The smallest absolute Gasteiger partial charge is 0.0939 e. The van der Waals surface area contributed by atoms with Crippen molar-refractivity contribution in [1.29, 1.82) is 0 Å². The molecule has 2 aromatic heterocycles. The summed E-state index contributed by atoms with van der Waals surface area (Å²) in [6.07, 6.45) is 3.60. The summed E-state index contributed by atoms with van der Waals surface area (Å²) in [4.78, 5) is 6.54. The van der Waals surface area contributed by atoms with E-state index < -0.39 is 0 Å². The van der Waals surface area contributed by atoms with Gasteiger partial charge in [-0.2, -0.15) is 5.10 Å². The summed E-state index contributed by atoms with van der Waals surface area (Å²) in [5.41, 5.74) is 10.8. The van der Waals surface area contributed by atoms with E-state index in [1.165, 1.54) is 5.56 Å². The molecule has 1 saturated heterocycles. The van der Waals surface area contributed by atoms with Crippen molar-refractivity contribution in [3.8, 4) is 11.3 Å². The molecule has 1 aliphatic rings. The quantitative estimate of drug-likeness (QED) is 0.755. The molecular formula is C19H22ClN5. The summed E-state index contributed by atoms with van der Waals surface area (Å²) in [6.45, 7) is 2.72. The Morgan fingerprint density at radius 1 is 1.12 bits per heavy atom. The zero-order valence-corrected chi connectivity index (χ0v) is 14.7. The number of nitrogens with two attached hydrogens (primary N) is 1. The van der Waals surface area contributed by atoms with E-state index in [1.807, 2.05) is 24.4 Å². The molecule has 130 valence electrons. The molecule has 6 heteroatoms. The van der Waals surface area contributed by atoms with Gasteiger partial charge in [0.15, 0.2) is 0 Å². The fourth-order valence-electron chi connectivity index (χ4n) is 3.44. The average Bonchev–Trinajstić information content (AvgIpc) is 3.23. The van der Waals surface area contributed by atoms with Gasteiger partial charge in [0.2, 0.25) is 0 Å². The third-order valence-corrected chi connectivity index (χ3v) is 4.65. The molecule has 0 aliphatic carbocycles. The van der Waals surface area contributed by atoms with Crippen molar-refractivity contribution in [2.45, 2.75) is 18.5 Å². The van der Waals surface area contributed by atoms with Crippen LogP contribution in [0.15, 0.2) is 60.9 Å². The first-order valence-electron chi connectivity index (χ1n) is 8.27. The number of H-pyrrole nitrogens is 1. The van der Waals surface area contributed by atoms with Gasteiger partial charge in [0.05, 0.1) is 5.69 Å². The van der Waals surface area contributed by atoms with Gasteiger partial charge >= 0.3 is 0 Å². The number of hydrogen-bond donors (Lipinski definition) is 2. The van der Waals surface area contributed by atoms with E-state index in [0.717, 1.165) is 36.6 Å². The Labute approximate surface area is 153 Å². The minimum absolute atomic E-state index is 0. The van der Waals surface area contributed by atoms with E-state index in [4.69, 9.17) is 5.73 Å². The van der Waals surface area contributed by atoms with Gasteiger partial charge in [-0.25, -0.2) is 0 Å². The lowest BCUT2D eigenvalue weighted by Crippen LogP contribution is -2.28. The second-order valence-electron chi connectivity index (χ2n) is 6.40. The molecule has 0 radical (unpaired) electrons. The standard InChI is InChI=1S/C19H21N5.ClH/c20-18-13-24(12-17(18)14-5-2-1-3-6-14)11-16-9-19(23-22-16)15-7-4-8-21-10-15;/h1-10,17-18H,11-13,20H2,(H,22,23);1H/t17-,18+;/m0./s1. The molecular weight excluding hydrogens is 334 g/mol. The normalized spacial score (nSPS) is 20.4. The summed E-state index contributed by atoms with van der Waals surface area (Å²) >= 11 is 0. The van der Waals surface area contributed by atoms with Gasteiger partial charge in [0.25, 0.3) is 0 Å². The first-order valence-corrected chi connectivity index (χ1v) is 8.27. The lowest BCUT2D eigenvalue weighted by atomic mass is 9.95. The molecule has 1 fully saturated rings. The predicted octanol–water partition coefficient (Wildman–Crippen LogP) is 2.82. The highest BCUT2D eigenvalue weighted by molar-refractivity contribution is 5.85. The number of pyridine rings is 1. The molecule has 0 bridgehead atoms. The fraction of sp³-hybridized carbons (Fsp3) is 0.263. The van der Waals surface area contributed by atoms with E-state index in [0.29, 0.717) is 5.92 Å². The maximum atomic E-state index is 6.38. The van der Waals surface area contributed by atoms with Crippen LogP contribution in [0.4, 0.5) is 0 Å². The maximum absolute atomic E-state index is 6.38. The number of benzene rings is 1. The van der Waals surface area contributed by atoms with Gasteiger partial charge in [-0.3, -0.25) is 15.0 Å². The van der Waals surface area contributed by atoms with E-state index in [1.54, 1.807) is 6.20 Å². The molecule has 5 nitrogen and oxygen atoms in total. The van der Waals surface area contributed by atoms with E-state index in [9.17, 15) is 0 Å². The van der Waals surface area contributed by atoms with Crippen LogP contribution in [0.3, 0.4) is 0 Å².